The number of aromatic nitrogens is 3. The van der Waals surface area contributed by atoms with Gasteiger partial charge in [-0.05, 0) is 5.21 Å². The third-order valence-electron chi connectivity index (χ3n) is 3.09. The molecule has 4 nitrogen and oxygen atoms in total. The summed E-state index contributed by atoms with van der Waals surface area (Å²) in [5, 5.41) is 5.85. The van der Waals surface area contributed by atoms with Crippen LogP contribution in [0.3, 0.4) is 0 Å². The average molecular weight is 372 g/mol. The molecule has 1 N–H and O–H groups in total. The van der Waals surface area contributed by atoms with E-state index in [4.69, 9.17) is 0 Å². The van der Waals surface area contributed by atoms with E-state index in [9.17, 15) is 39.5 Å². The van der Waals surface area contributed by atoms with Crippen LogP contribution in [0.4, 0.5) is 45.2 Å². The van der Waals surface area contributed by atoms with E-state index in [1.165, 1.54) is 5.43 Å². The molecule has 0 saturated carbocycles. The molecular weight excluding hydrogens is 371 g/mol. The van der Waals surface area contributed by atoms with Crippen LogP contribution in [0.15, 0.2) is 0 Å². The first kappa shape index (κ1) is 16.9. The molecule has 2 aromatic carbocycles. The van der Waals surface area contributed by atoms with Gasteiger partial charge in [0.1, 0.15) is 5.69 Å². The van der Waals surface area contributed by atoms with Crippen molar-refractivity contribution in [3.8, 4) is 0 Å². The molecule has 0 aliphatic rings. The maximum absolute atomic E-state index is 13.7. The Kier molecular flexibility index (Phi) is 3.73. The van der Waals surface area contributed by atoms with Crippen LogP contribution in [-0.2, 0) is 0 Å². The van der Waals surface area contributed by atoms with Gasteiger partial charge in [0.05, 0.1) is 0 Å². The predicted molar refractivity (Wildman–Crippen MR) is 62.6 cm³/mol. The Morgan fingerprint density at radius 3 is 1.56 bits per heavy atom. The van der Waals surface area contributed by atoms with Crippen molar-refractivity contribution in [1.29, 1.82) is 0 Å². The molecule has 13 heteroatoms. The minimum absolute atomic E-state index is 0.117. The molecule has 0 bridgehead atoms. The number of halogens is 9. The summed E-state index contributed by atoms with van der Waals surface area (Å²) < 4.78 is 120. The molecule has 132 valence electrons. The second-order valence-electron chi connectivity index (χ2n) is 4.51. The zero-order chi connectivity index (χ0) is 18.6. The van der Waals surface area contributed by atoms with E-state index in [2.05, 4.69) is 10.3 Å². The lowest BCUT2D eigenvalue weighted by atomic mass is 10.2. The van der Waals surface area contributed by atoms with Crippen molar-refractivity contribution in [2.24, 2.45) is 0 Å². The first-order chi connectivity index (χ1) is 11.7. The molecule has 0 fully saturated rings. The van der Waals surface area contributed by atoms with Crippen LogP contribution in [0.5, 0.6) is 0 Å². The second kappa shape index (κ2) is 5.53. The minimum Gasteiger partial charge on any atom is -0.270 e. The third-order valence-corrected chi connectivity index (χ3v) is 3.09. The van der Waals surface area contributed by atoms with E-state index in [0.29, 0.717) is 0 Å². The second-order valence-corrected chi connectivity index (χ2v) is 4.51. The number of benzene rings is 2. The Balaban J connectivity index is 2.25. The summed E-state index contributed by atoms with van der Waals surface area (Å²) in [5.41, 5.74) is -2.71. The highest BCUT2D eigenvalue weighted by atomic mass is 19.2. The Morgan fingerprint density at radius 2 is 1.00 bits per heavy atom. The number of nitrogens with zero attached hydrogens (tertiary/aromatic N) is 3. The van der Waals surface area contributed by atoms with E-state index < -0.39 is 69.1 Å². The number of hydrogen-bond acceptors (Lipinski definition) is 3. The molecule has 1 aromatic heterocycles. The zero-order valence-electron chi connectivity index (χ0n) is 11.2. The highest BCUT2D eigenvalue weighted by Crippen LogP contribution is 2.29. The van der Waals surface area contributed by atoms with Gasteiger partial charge in [-0.3, -0.25) is 5.43 Å². The molecule has 0 aliphatic heterocycles. The quantitative estimate of drug-likeness (QED) is 0.425. The summed E-state index contributed by atoms with van der Waals surface area (Å²) in [6.45, 7) is 0. The van der Waals surface area contributed by atoms with Gasteiger partial charge in [-0.25, -0.2) is 39.5 Å². The van der Waals surface area contributed by atoms with Gasteiger partial charge in [0, 0.05) is 0 Å². The normalized spacial score (nSPS) is 11.4. The standard InChI is InChI=1S/C12HF9N4/c13-1-2(14)6(18)10(7(19)3(1)15)23-25-12-9(21)5(17)4(16)8(20)11(12)22-24-25/h23H. The molecule has 3 aromatic rings. The molecule has 0 radical (unpaired) electrons. The smallest absolute Gasteiger partial charge is 0.200 e. The monoisotopic (exact) mass is 372 g/mol. The van der Waals surface area contributed by atoms with Crippen molar-refractivity contribution in [1.82, 2.24) is 15.1 Å². The molecule has 1 heterocycles. The molecule has 3 rings (SSSR count). The van der Waals surface area contributed by atoms with E-state index in [0.717, 1.165) is 0 Å². The predicted octanol–water partition coefficient (Wildman–Crippen LogP) is 3.56. The highest BCUT2D eigenvalue weighted by molar-refractivity contribution is 5.76. The van der Waals surface area contributed by atoms with Gasteiger partial charge in [0.2, 0.25) is 5.82 Å². The Labute approximate surface area is 130 Å². The van der Waals surface area contributed by atoms with Crippen LogP contribution in [-0.4, -0.2) is 15.1 Å². The molecule has 0 unspecified atom stereocenters. The lowest BCUT2D eigenvalue weighted by Crippen LogP contribution is -2.17. The van der Waals surface area contributed by atoms with Crippen molar-refractivity contribution in [3.05, 3.63) is 52.4 Å². The zero-order valence-corrected chi connectivity index (χ0v) is 11.2. The fraction of sp³-hybridized carbons (Fsp3) is 0. The van der Waals surface area contributed by atoms with Crippen molar-refractivity contribution >= 4 is 16.7 Å². The third kappa shape index (κ3) is 2.26. The SMILES string of the molecule is Fc1c(F)c(F)c(Nn2nnc3c(F)c(F)c(F)c(F)c32)c(F)c1F. The summed E-state index contributed by atoms with van der Waals surface area (Å²) >= 11 is 0. The number of nitrogens with one attached hydrogen (secondary N) is 1. The summed E-state index contributed by atoms with van der Waals surface area (Å²) in [6, 6.07) is 0. The maximum Gasteiger partial charge on any atom is 0.200 e. The fourth-order valence-corrected chi connectivity index (χ4v) is 1.91. The van der Waals surface area contributed by atoms with Gasteiger partial charge in [-0.15, -0.1) is 9.89 Å². The Hall–Kier alpha value is -2.99. The first-order valence-electron chi connectivity index (χ1n) is 6.02. The summed E-state index contributed by atoms with van der Waals surface area (Å²) in [4.78, 5) is -0.117. The van der Waals surface area contributed by atoms with Crippen LogP contribution in [0, 0.1) is 52.4 Å². The molecule has 0 amide bonds. The molecule has 0 atom stereocenters. The topological polar surface area (TPSA) is 42.7 Å². The van der Waals surface area contributed by atoms with E-state index in [-0.39, 0.29) is 4.79 Å². The molecule has 25 heavy (non-hydrogen) atoms. The van der Waals surface area contributed by atoms with Gasteiger partial charge < -0.3 is 0 Å². The van der Waals surface area contributed by atoms with Crippen LogP contribution < -0.4 is 5.43 Å². The first-order valence-corrected chi connectivity index (χ1v) is 6.02. The highest BCUT2D eigenvalue weighted by Gasteiger charge is 2.29. The average Bonchev–Trinajstić information content (AvgIpc) is 3.02. The summed E-state index contributed by atoms with van der Waals surface area (Å²) in [6.07, 6.45) is 0. The Bertz CT molecular complexity index is 1000. The van der Waals surface area contributed by atoms with E-state index >= 15 is 0 Å². The lowest BCUT2D eigenvalue weighted by molar-refractivity contribution is 0.380. The van der Waals surface area contributed by atoms with Gasteiger partial charge in [-0.2, -0.15) is 0 Å². The molecular formula is C12HF9N4. The van der Waals surface area contributed by atoms with Gasteiger partial charge >= 0.3 is 0 Å². The van der Waals surface area contributed by atoms with Gasteiger partial charge in [0.25, 0.3) is 0 Å². The number of hydrogen-bond donors (Lipinski definition) is 1. The van der Waals surface area contributed by atoms with Crippen LogP contribution in [0.2, 0.25) is 0 Å². The Morgan fingerprint density at radius 1 is 0.560 bits per heavy atom. The summed E-state index contributed by atoms with van der Waals surface area (Å²) in [5.74, 6) is -20.4. The summed E-state index contributed by atoms with van der Waals surface area (Å²) in [7, 11) is 0. The van der Waals surface area contributed by atoms with E-state index in [1.54, 1.807) is 0 Å². The van der Waals surface area contributed by atoms with Crippen molar-refractivity contribution in [2.75, 3.05) is 5.43 Å². The van der Waals surface area contributed by atoms with Crippen LogP contribution in [0.1, 0.15) is 0 Å². The van der Waals surface area contributed by atoms with Gasteiger partial charge in [-0.1, -0.05) is 0 Å². The molecule has 0 saturated heterocycles. The number of fused-ring (bicyclic) bond motifs is 1. The van der Waals surface area contributed by atoms with Crippen molar-refractivity contribution in [2.45, 2.75) is 0 Å². The lowest BCUT2D eigenvalue weighted by Gasteiger charge is -2.11. The van der Waals surface area contributed by atoms with Crippen molar-refractivity contribution < 1.29 is 39.5 Å². The minimum atomic E-state index is -2.46. The van der Waals surface area contributed by atoms with Gasteiger partial charge in [0.15, 0.2) is 57.6 Å². The fourth-order valence-electron chi connectivity index (χ4n) is 1.91. The largest absolute Gasteiger partial charge is 0.270 e. The van der Waals surface area contributed by atoms with E-state index in [1.807, 2.05) is 0 Å². The molecule has 0 aliphatic carbocycles. The van der Waals surface area contributed by atoms with Crippen LogP contribution in [0.25, 0.3) is 11.0 Å². The van der Waals surface area contributed by atoms with Crippen molar-refractivity contribution in [3.63, 3.8) is 0 Å². The number of anilines is 1. The maximum atomic E-state index is 13.7. The molecule has 0 spiro atoms. The van der Waals surface area contributed by atoms with Crippen LogP contribution >= 0.6 is 0 Å². The number of rotatable bonds is 2.